The van der Waals surface area contributed by atoms with Crippen LogP contribution in [-0.2, 0) is 14.6 Å². The summed E-state index contributed by atoms with van der Waals surface area (Å²) in [4.78, 5) is 6.38. The second-order valence-electron chi connectivity index (χ2n) is 9.31. The normalized spacial score (nSPS) is 15.4. The number of aromatic nitrogens is 4. The Kier molecular flexibility index (Phi) is 7.39. The van der Waals surface area contributed by atoms with Gasteiger partial charge in [0.1, 0.15) is 17.7 Å². The summed E-state index contributed by atoms with van der Waals surface area (Å²) in [7, 11) is -3.55. The summed E-state index contributed by atoms with van der Waals surface area (Å²) in [6.45, 7) is 10.8. The fourth-order valence-corrected chi connectivity index (χ4v) is 4.79. The van der Waals surface area contributed by atoms with Gasteiger partial charge >= 0.3 is 6.01 Å². The number of hydrogen-bond donors (Lipinski definition) is 1. The number of anilines is 2. The fraction of sp³-hybridized carbons (Fsp3) is 0.400. The molecule has 0 saturated carbocycles. The molecule has 198 valence electrons. The summed E-state index contributed by atoms with van der Waals surface area (Å²) in [5.74, 6) is 0.673. The highest BCUT2D eigenvalue weighted by atomic mass is 32.2. The Balaban J connectivity index is 1.53. The van der Waals surface area contributed by atoms with Crippen molar-refractivity contribution < 1.29 is 22.1 Å². The lowest BCUT2D eigenvalue weighted by molar-refractivity contribution is 0.124. The van der Waals surface area contributed by atoms with Crippen molar-refractivity contribution in [2.75, 3.05) is 30.0 Å². The fourth-order valence-electron chi connectivity index (χ4n) is 4.16. The molecule has 0 spiro atoms. The first-order valence-corrected chi connectivity index (χ1v) is 13.8. The number of nitrogens with zero attached hydrogens (tertiary/aromatic N) is 5. The lowest BCUT2D eigenvalue weighted by Crippen LogP contribution is -2.37. The first-order chi connectivity index (χ1) is 17.5. The summed E-state index contributed by atoms with van der Waals surface area (Å²) in [5, 5.41) is 8.52. The number of halogens is 1. The van der Waals surface area contributed by atoms with Crippen LogP contribution in [0.15, 0.2) is 46.3 Å². The van der Waals surface area contributed by atoms with Gasteiger partial charge in [-0.05, 0) is 31.2 Å². The molecule has 3 aromatic rings. The van der Waals surface area contributed by atoms with Crippen LogP contribution < -0.4 is 10.6 Å². The molecule has 0 aliphatic carbocycles. The highest BCUT2D eigenvalue weighted by molar-refractivity contribution is 7.90. The molecule has 1 aliphatic heterocycles. The van der Waals surface area contributed by atoms with E-state index >= 15 is 0 Å². The van der Waals surface area contributed by atoms with E-state index in [1.54, 1.807) is 19.1 Å². The summed E-state index contributed by atoms with van der Waals surface area (Å²) < 4.78 is 51.6. The highest BCUT2D eigenvalue weighted by Crippen LogP contribution is 2.35. The van der Waals surface area contributed by atoms with E-state index < -0.39 is 15.7 Å². The van der Waals surface area contributed by atoms with Crippen molar-refractivity contribution in [3.05, 3.63) is 54.3 Å². The van der Waals surface area contributed by atoms with Crippen LogP contribution in [0.25, 0.3) is 17.0 Å². The smallest absolute Gasteiger partial charge is 0.324 e. The van der Waals surface area contributed by atoms with Crippen molar-refractivity contribution in [1.29, 1.82) is 0 Å². The minimum Gasteiger partial charge on any atom is -0.474 e. The van der Waals surface area contributed by atoms with Gasteiger partial charge in [0.15, 0.2) is 15.7 Å². The number of sulfone groups is 1. The first-order valence-electron chi connectivity index (χ1n) is 11.9. The van der Waals surface area contributed by atoms with Crippen LogP contribution in [0.3, 0.4) is 0 Å². The van der Waals surface area contributed by atoms with Crippen LogP contribution in [0, 0.1) is 12.7 Å². The van der Waals surface area contributed by atoms with Crippen LogP contribution >= 0.6 is 0 Å². The Bertz CT molecular complexity index is 1440. The minimum absolute atomic E-state index is 0.111. The number of aryl methyl sites for hydroxylation is 1. The van der Waals surface area contributed by atoms with Gasteiger partial charge in [0.2, 0.25) is 5.88 Å². The van der Waals surface area contributed by atoms with E-state index in [1.165, 1.54) is 16.8 Å². The topological polar surface area (TPSA) is 129 Å². The average Bonchev–Trinajstić information content (AvgIpc) is 3.44. The maximum Gasteiger partial charge on any atom is 0.324 e. The predicted molar refractivity (Wildman–Crippen MR) is 139 cm³/mol. The van der Waals surface area contributed by atoms with Crippen molar-refractivity contribution in [2.24, 2.45) is 0 Å². The number of nitrogens with two attached hydrogens (primary N) is 1. The highest BCUT2D eigenvalue weighted by Gasteiger charge is 2.27. The zero-order valence-electron chi connectivity index (χ0n) is 21.3. The Labute approximate surface area is 215 Å². The Morgan fingerprint density at radius 1 is 1.32 bits per heavy atom. The molecule has 0 unspecified atom stereocenters. The van der Waals surface area contributed by atoms with Gasteiger partial charge in [0.05, 0.1) is 16.2 Å². The maximum absolute atomic E-state index is 14.9. The number of allylic oxidation sites excluding steroid dienone is 2. The lowest BCUT2D eigenvalue weighted by atomic mass is 10.1. The van der Waals surface area contributed by atoms with Gasteiger partial charge < -0.3 is 19.9 Å². The molecule has 0 bridgehead atoms. The van der Waals surface area contributed by atoms with Crippen LogP contribution in [0.5, 0.6) is 0 Å². The molecule has 0 atom stereocenters. The van der Waals surface area contributed by atoms with E-state index in [0.29, 0.717) is 54.9 Å². The Morgan fingerprint density at radius 2 is 2.03 bits per heavy atom. The number of rotatable bonds is 8. The second-order valence-corrected chi connectivity index (χ2v) is 11.3. The van der Waals surface area contributed by atoms with Crippen molar-refractivity contribution in [3.8, 4) is 11.1 Å². The van der Waals surface area contributed by atoms with Crippen molar-refractivity contribution in [3.63, 3.8) is 0 Å². The van der Waals surface area contributed by atoms with E-state index in [9.17, 15) is 12.8 Å². The largest absolute Gasteiger partial charge is 0.474 e. The molecule has 1 fully saturated rings. The minimum atomic E-state index is -3.55. The Morgan fingerprint density at radius 3 is 2.59 bits per heavy atom. The summed E-state index contributed by atoms with van der Waals surface area (Å²) >= 11 is 0. The molecule has 12 heteroatoms. The number of piperidine rings is 1. The number of ether oxygens (including phenoxy) is 1. The van der Waals surface area contributed by atoms with E-state index in [-0.39, 0.29) is 28.3 Å². The molecule has 37 heavy (non-hydrogen) atoms. The van der Waals surface area contributed by atoms with Gasteiger partial charge in [-0.15, -0.1) is 0 Å². The van der Waals surface area contributed by atoms with Crippen molar-refractivity contribution >= 4 is 27.6 Å². The molecule has 4 rings (SSSR count). The van der Waals surface area contributed by atoms with E-state index in [4.69, 9.17) is 15.0 Å². The molecule has 0 amide bonds. The molecule has 10 nitrogen and oxygen atoms in total. The van der Waals surface area contributed by atoms with Crippen LogP contribution in [0.1, 0.15) is 44.1 Å². The molecule has 2 N–H and O–H groups in total. The Hall–Kier alpha value is -3.67. The van der Waals surface area contributed by atoms with E-state index in [0.717, 1.165) is 12.3 Å². The summed E-state index contributed by atoms with van der Waals surface area (Å²) in [5.41, 5.74) is 7.40. The molecule has 1 saturated heterocycles. The summed E-state index contributed by atoms with van der Waals surface area (Å²) in [6.07, 6.45) is 5.50. The van der Waals surface area contributed by atoms with Crippen molar-refractivity contribution in [1.82, 2.24) is 19.9 Å². The second kappa shape index (κ2) is 10.4. The molecule has 1 aliphatic rings. The van der Waals surface area contributed by atoms with Gasteiger partial charge in [-0.2, -0.15) is 14.8 Å². The number of hydrogen-bond acceptors (Lipinski definition) is 9. The zero-order valence-corrected chi connectivity index (χ0v) is 22.1. The zero-order chi connectivity index (χ0) is 26.9. The average molecular weight is 531 g/mol. The monoisotopic (exact) mass is 530 g/mol. The van der Waals surface area contributed by atoms with E-state index in [2.05, 4.69) is 21.8 Å². The molecule has 0 radical (unpaired) electrons. The molecule has 1 aromatic carbocycles. The van der Waals surface area contributed by atoms with Crippen molar-refractivity contribution in [2.45, 2.75) is 50.5 Å². The first kappa shape index (κ1) is 26.4. The van der Waals surface area contributed by atoms with Gasteiger partial charge in [0, 0.05) is 43.7 Å². The third-order valence-corrected chi connectivity index (χ3v) is 7.26. The van der Waals surface area contributed by atoms with Crippen LogP contribution in [0.2, 0.25) is 0 Å². The van der Waals surface area contributed by atoms with Gasteiger partial charge in [-0.25, -0.2) is 12.8 Å². The maximum atomic E-state index is 14.9. The summed E-state index contributed by atoms with van der Waals surface area (Å²) in [6, 6.07) is 4.23. The quantitative estimate of drug-likeness (QED) is 0.337. The predicted octanol–water partition coefficient (Wildman–Crippen LogP) is 4.16. The lowest BCUT2D eigenvalue weighted by Gasteiger charge is -2.31. The van der Waals surface area contributed by atoms with Crippen LogP contribution in [-0.4, -0.2) is 53.8 Å². The van der Waals surface area contributed by atoms with Crippen LogP contribution in [0.4, 0.5) is 16.2 Å². The molecule has 3 heterocycles. The van der Waals surface area contributed by atoms with Gasteiger partial charge in [-0.1, -0.05) is 31.7 Å². The SMILES string of the molecule is C=C/C=C(/OC1CCN(c2nc(C(C)C)no2)CC1)n1nc(C)c(-c2ccc(S(C)(=O)=O)cc2F)c1N. The number of nitrogen functional groups attached to an aromatic ring is 1. The number of benzene rings is 1. The van der Waals surface area contributed by atoms with Gasteiger partial charge in [-0.3, -0.25) is 0 Å². The third-order valence-electron chi connectivity index (χ3n) is 6.15. The van der Waals surface area contributed by atoms with Gasteiger partial charge in [0.25, 0.3) is 0 Å². The molecular weight excluding hydrogens is 499 g/mol. The molecular formula is C25H31FN6O4S. The third kappa shape index (κ3) is 5.53. The van der Waals surface area contributed by atoms with E-state index in [1.807, 2.05) is 18.7 Å². The molecule has 2 aromatic heterocycles. The standard InChI is InChI=1S/C25H31FN6O4S/c1-6-7-21(35-17-10-12-31(13-11-17)25-28-24(15(2)3)30-36-25)32-23(27)22(16(4)29-32)19-9-8-18(14-20(19)26)37(5,33)34/h6-9,14-15,17H,1,10-13,27H2,2-5H3/b21-7+.